The van der Waals surface area contributed by atoms with Crippen LogP contribution >= 0.6 is 11.6 Å². The molecule has 0 aliphatic rings. The van der Waals surface area contributed by atoms with Crippen molar-refractivity contribution in [2.45, 2.75) is 0 Å². The third kappa shape index (κ3) is 5.06. The van der Waals surface area contributed by atoms with Gasteiger partial charge in [-0.3, -0.25) is 4.79 Å². The zero-order valence-electron chi connectivity index (χ0n) is 9.98. The first-order valence-electron chi connectivity index (χ1n) is 5.24. The maximum Gasteiger partial charge on any atom is 0.248 e. The Morgan fingerprint density at radius 2 is 2.00 bits per heavy atom. The molecule has 0 atom stereocenters. The average molecular weight is 258 g/mol. The molecular formula is C12H16ClNO3. The molecule has 17 heavy (non-hydrogen) atoms. The van der Waals surface area contributed by atoms with E-state index >= 15 is 0 Å². The Bertz CT molecular complexity index is 353. The molecule has 0 aromatic heterocycles. The zero-order chi connectivity index (χ0) is 12.7. The van der Waals surface area contributed by atoms with E-state index in [-0.39, 0.29) is 12.5 Å². The van der Waals surface area contributed by atoms with Gasteiger partial charge in [-0.25, -0.2) is 0 Å². The lowest BCUT2D eigenvalue weighted by atomic mass is 10.3. The lowest BCUT2D eigenvalue weighted by Gasteiger charge is -2.16. The largest absolute Gasteiger partial charge is 0.492 e. The van der Waals surface area contributed by atoms with E-state index in [0.717, 1.165) is 5.75 Å². The molecule has 5 heteroatoms. The van der Waals surface area contributed by atoms with E-state index in [1.165, 1.54) is 7.11 Å². The summed E-state index contributed by atoms with van der Waals surface area (Å²) in [6.07, 6.45) is 0. The number of carbonyl (C=O) groups excluding carboxylic acids is 1. The summed E-state index contributed by atoms with van der Waals surface area (Å²) in [7, 11) is 3.21. The van der Waals surface area contributed by atoms with Crippen molar-refractivity contribution < 1.29 is 14.3 Å². The van der Waals surface area contributed by atoms with Gasteiger partial charge < -0.3 is 14.4 Å². The Balaban J connectivity index is 2.27. The van der Waals surface area contributed by atoms with Crippen molar-refractivity contribution in [3.63, 3.8) is 0 Å². The molecule has 0 bridgehead atoms. The third-order valence-corrected chi connectivity index (χ3v) is 2.45. The quantitative estimate of drug-likeness (QED) is 0.780. The van der Waals surface area contributed by atoms with Crippen molar-refractivity contribution in [2.75, 3.05) is 33.9 Å². The Kier molecular flexibility index (Phi) is 5.80. The monoisotopic (exact) mass is 257 g/mol. The van der Waals surface area contributed by atoms with Crippen LogP contribution in [0, 0.1) is 0 Å². The van der Waals surface area contributed by atoms with Gasteiger partial charge >= 0.3 is 0 Å². The van der Waals surface area contributed by atoms with Gasteiger partial charge in [-0.15, -0.1) is 0 Å². The minimum absolute atomic E-state index is 0.0628. The lowest BCUT2D eigenvalue weighted by molar-refractivity contribution is -0.134. The highest BCUT2D eigenvalue weighted by Gasteiger charge is 2.07. The summed E-state index contributed by atoms with van der Waals surface area (Å²) in [5.74, 6) is 0.675. The molecule has 1 aromatic rings. The fraction of sp³-hybridized carbons (Fsp3) is 0.417. The topological polar surface area (TPSA) is 38.8 Å². The highest BCUT2D eigenvalue weighted by atomic mass is 35.5. The van der Waals surface area contributed by atoms with Crippen LogP contribution in [0.3, 0.4) is 0 Å². The molecule has 0 saturated carbocycles. The summed E-state index contributed by atoms with van der Waals surface area (Å²) in [5.41, 5.74) is 0. The molecule has 1 amide bonds. The predicted octanol–water partition coefficient (Wildman–Crippen LogP) is 1.82. The van der Waals surface area contributed by atoms with Crippen LogP contribution in [0.15, 0.2) is 24.3 Å². The molecule has 1 aromatic carbocycles. The number of likely N-dealkylation sites (N-methyl/N-ethyl adjacent to an activating group) is 1. The molecule has 0 radical (unpaired) electrons. The first kappa shape index (κ1) is 13.8. The molecule has 0 fully saturated rings. The van der Waals surface area contributed by atoms with Crippen LogP contribution in [-0.2, 0) is 9.53 Å². The Labute approximate surface area is 106 Å². The molecule has 0 saturated heterocycles. The van der Waals surface area contributed by atoms with Crippen LogP contribution in [0.2, 0.25) is 5.02 Å². The van der Waals surface area contributed by atoms with Crippen LogP contribution in [0.25, 0.3) is 0 Å². The van der Waals surface area contributed by atoms with Crippen molar-refractivity contribution in [2.24, 2.45) is 0 Å². The van der Waals surface area contributed by atoms with Crippen LogP contribution in [0.4, 0.5) is 0 Å². The standard InChI is InChI=1S/C12H16ClNO3/c1-14(12(15)9-16-2)7-8-17-11-5-3-10(13)4-6-11/h3-6H,7-9H2,1-2H3. The first-order chi connectivity index (χ1) is 8.13. The van der Waals surface area contributed by atoms with Crippen molar-refractivity contribution >= 4 is 17.5 Å². The molecule has 94 valence electrons. The molecule has 0 unspecified atom stereocenters. The number of halogens is 1. The van der Waals surface area contributed by atoms with Gasteiger partial charge in [-0.2, -0.15) is 0 Å². The molecule has 0 heterocycles. The van der Waals surface area contributed by atoms with Crippen molar-refractivity contribution in [1.29, 1.82) is 0 Å². The predicted molar refractivity (Wildman–Crippen MR) is 66.5 cm³/mol. The number of carbonyl (C=O) groups is 1. The number of methoxy groups -OCH3 is 1. The summed E-state index contributed by atoms with van der Waals surface area (Å²) in [6.45, 7) is 1.05. The Hall–Kier alpha value is -1.26. The lowest BCUT2D eigenvalue weighted by Crippen LogP contribution is -2.33. The third-order valence-electron chi connectivity index (χ3n) is 2.20. The molecular weight excluding hydrogens is 242 g/mol. The van der Waals surface area contributed by atoms with E-state index in [4.69, 9.17) is 21.1 Å². The van der Waals surface area contributed by atoms with Gasteiger partial charge in [0, 0.05) is 19.2 Å². The zero-order valence-corrected chi connectivity index (χ0v) is 10.7. The molecule has 0 N–H and O–H groups in total. The number of nitrogens with zero attached hydrogens (tertiary/aromatic N) is 1. The van der Waals surface area contributed by atoms with Gasteiger partial charge in [0.2, 0.25) is 5.91 Å². The van der Waals surface area contributed by atoms with Gasteiger partial charge in [0.05, 0.1) is 6.54 Å². The second-order valence-electron chi connectivity index (χ2n) is 3.55. The van der Waals surface area contributed by atoms with Gasteiger partial charge in [-0.1, -0.05) is 11.6 Å². The normalized spacial score (nSPS) is 10.1. The summed E-state index contributed by atoms with van der Waals surface area (Å²) >= 11 is 5.75. The van der Waals surface area contributed by atoms with Crippen molar-refractivity contribution in [3.8, 4) is 5.75 Å². The van der Waals surface area contributed by atoms with Gasteiger partial charge in [0.25, 0.3) is 0 Å². The van der Waals surface area contributed by atoms with Gasteiger partial charge in [0.15, 0.2) is 0 Å². The van der Waals surface area contributed by atoms with E-state index in [1.807, 2.05) is 0 Å². The number of hydrogen-bond acceptors (Lipinski definition) is 3. The number of benzene rings is 1. The minimum Gasteiger partial charge on any atom is -0.492 e. The smallest absolute Gasteiger partial charge is 0.248 e. The summed E-state index contributed by atoms with van der Waals surface area (Å²) in [6, 6.07) is 7.10. The SMILES string of the molecule is COCC(=O)N(C)CCOc1ccc(Cl)cc1. The molecule has 1 rings (SSSR count). The summed E-state index contributed by atoms with van der Waals surface area (Å²) < 4.78 is 10.2. The first-order valence-corrected chi connectivity index (χ1v) is 5.62. The second-order valence-corrected chi connectivity index (χ2v) is 3.99. The summed E-state index contributed by atoms with van der Waals surface area (Å²) in [4.78, 5) is 12.9. The second kappa shape index (κ2) is 7.14. The van der Waals surface area contributed by atoms with Crippen LogP contribution in [-0.4, -0.2) is 44.7 Å². The molecule has 0 aliphatic heterocycles. The van der Waals surface area contributed by atoms with Crippen molar-refractivity contribution in [1.82, 2.24) is 4.90 Å². The Morgan fingerprint density at radius 3 is 2.59 bits per heavy atom. The highest BCUT2D eigenvalue weighted by molar-refractivity contribution is 6.30. The van der Waals surface area contributed by atoms with Gasteiger partial charge in [-0.05, 0) is 24.3 Å². The average Bonchev–Trinajstić information content (AvgIpc) is 2.32. The molecule has 0 aliphatic carbocycles. The minimum atomic E-state index is -0.0628. The Morgan fingerprint density at radius 1 is 1.35 bits per heavy atom. The number of hydrogen-bond donors (Lipinski definition) is 0. The van der Waals surface area contributed by atoms with E-state index in [0.29, 0.717) is 18.2 Å². The van der Waals surface area contributed by atoms with Gasteiger partial charge in [0.1, 0.15) is 19.0 Å². The van der Waals surface area contributed by atoms with Crippen LogP contribution in [0.5, 0.6) is 5.75 Å². The van der Waals surface area contributed by atoms with E-state index in [1.54, 1.807) is 36.2 Å². The summed E-state index contributed by atoms with van der Waals surface area (Å²) in [5, 5.41) is 0.671. The fourth-order valence-corrected chi connectivity index (χ4v) is 1.32. The number of amides is 1. The number of ether oxygens (including phenoxy) is 2. The molecule has 0 spiro atoms. The van der Waals surface area contributed by atoms with Crippen LogP contribution in [0.1, 0.15) is 0 Å². The number of rotatable bonds is 6. The fourth-order valence-electron chi connectivity index (χ4n) is 1.19. The maximum atomic E-state index is 11.4. The van der Waals surface area contributed by atoms with Crippen molar-refractivity contribution in [3.05, 3.63) is 29.3 Å². The van der Waals surface area contributed by atoms with E-state index in [2.05, 4.69) is 0 Å². The highest BCUT2D eigenvalue weighted by Crippen LogP contribution is 2.15. The van der Waals surface area contributed by atoms with Crippen LogP contribution < -0.4 is 4.74 Å². The molecule has 4 nitrogen and oxygen atoms in total. The van der Waals surface area contributed by atoms with E-state index < -0.39 is 0 Å². The van der Waals surface area contributed by atoms with E-state index in [9.17, 15) is 4.79 Å². The maximum absolute atomic E-state index is 11.4.